The summed E-state index contributed by atoms with van der Waals surface area (Å²) in [6, 6.07) is 21.8. The Morgan fingerprint density at radius 2 is 1.47 bits per heavy atom. The minimum absolute atomic E-state index is 0.998. The summed E-state index contributed by atoms with van der Waals surface area (Å²) < 4.78 is 2.42. The smallest absolute Gasteiger partial charge is 0.0570 e. The van der Waals surface area contributed by atoms with Crippen LogP contribution in [0.15, 0.2) is 60.7 Å². The number of aryl methyl sites for hydroxylation is 1. The monoisotopic (exact) mass is 245 g/mol. The predicted octanol–water partition coefficient (Wildman–Crippen LogP) is 4.97. The van der Waals surface area contributed by atoms with Crippen LogP contribution in [0.3, 0.4) is 0 Å². The molecule has 4 aromatic rings. The number of nitrogens with zero attached hydrogens (tertiary/aromatic N) is 1. The van der Waals surface area contributed by atoms with Crippen LogP contribution in [0.5, 0.6) is 0 Å². The van der Waals surface area contributed by atoms with Gasteiger partial charge in [0.15, 0.2) is 0 Å². The molecule has 0 aliphatic heterocycles. The van der Waals surface area contributed by atoms with Gasteiger partial charge in [-0.3, -0.25) is 0 Å². The zero-order valence-corrected chi connectivity index (χ0v) is 10.9. The van der Waals surface area contributed by atoms with Gasteiger partial charge in [0, 0.05) is 28.2 Å². The molecule has 1 nitrogen and oxygen atoms in total. The average molecular weight is 245 g/mol. The number of para-hydroxylation sites is 1. The Labute approximate surface area is 112 Å². The molecule has 0 atom stereocenters. The van der Waals surface area contributed by atoms with Crippen LogP contribution in [0.4, 0.5) is 0 Å². The van der Waals surface area contributed by atoms with Crippen LogP contribution >= 0.6 is 0 Å². The van der Waals surface area contributed by atoms with Crippen LogP contribution in [-0.4, -0.2) is 4.57 Å². The Morgan fingerprint density at radius 1 is 0.737 bits per heavy atom. The van der Waals surface area contributed by atoms with Gasteiger partial charge < -0.3 is 4.57 Å². The number of fused-ring (bicyclic) bond motifs is 5. The molecule has 0 radical (unpaired) electrons. The number of aromatic nitrogens is 1. The Bertz CT molecular complexity index is 899. The fourth-order valence-electron chi connectivity index (χ4n) is 3.15. The van der Waals surface area contributed by atoms with Gasteiger partial charge in [0.05, 0.1) is 5.52 Å². The Balaban J connectivity index is 2.37. The van der Waals surface area contributed by atoms with Crippen molar-refractivity contribution in [1.82, 2.24) is 4.57 Å². The van der Waals surface area contributed by atoms with Gasteiger partial charge >= 0.3 is 0 Å². The summed E-state index contributed by atoms with van der Waals surface area (Å²) >= 11 is 0. The highest BCUT2D eigenvalue weighted by Crippen LogP contribution is 2.33. The van der Waals surface area contributed by atoms with Gasteiger partial charge in [-0.25, -0.2) is 0 Å². The van der Waals surface area contributed by atoms with Crippen molar-refractivity contribution in [2.75, 3.05) is 0 Å². The molecule has 0 saturated heterocycles. The second-order valence-corrected chi connectivity index (χ2v) is 4.94. The average Bonchev–Trinajstić information content (AvgIpc) is 2.81. The first-order valence-electron chi connectivity index (χ1n) is 6.79. The van der Waals surface area contributed by atoms with E-state index in [4.69, 9.17) is 0 Å². The molecule has 19 heavy (non-hydrogen) atoms. The van der Waals surface area contributed by atoms with Crippen molar-refractivity contribution in [2.24, 2.45) is 0 Å². The summed E-state index contributed by atoms with van der Waals surface area (Å²) in [4.78, 5) is 0. The van der Waals surface area contributed by atoms with Crippen LogP contribution in [0.25, 0.3) is 32.6 Å². The lowest BCUT2D eigenvalue weighted by Crippen LogP contribution is -1.93. The van der Waals surface area contributed by atoms with Crippen molar-refractivity contribution in [3.05, 3.63) is 60.7 Å². The highest BCUT2D eigenvalue weighted by atomic mass is 15.0. The van der Waals surface area contributed by atoms with Crippen molar-refractivity contribution < 1.29 is 0 Å². The van der Waals surface area contributed by atoms with Crippen LogP contribution in [0.2, 0.25) is 0 Å². The molecule has 3 aromatic carbocycles. The molecule has 0 N–H and O–H groups in total. The van der Waals surface area contributed by atoms with E-state index in [9.17, 15) is 0 Å². The fraction of sp³-hybridized carbons (Fsp3) is 0.111. The molecular formula is C18H15N. The lowest BCUT2D eigenvalue weighted by molar-refractivity contribution is 0.829. The quantitative estimate of drug-likeness (QED) is 0.446. The molecule has 1 heterocycles. The first kappa shape index (κ1) is 10.6. The first-order chi connectivity index (χ1) is 9.40. The lowest BCUT2D eigenvalue weighted by atomic mass is 10.1. The summed E-state index contributed by atoms with van der Waals surface area (Å²) in [6.45, 7) is 3.21. The van der Waals surface area contributed by atoms with Gasteiger partial charge in [0.1, 0.15) is 0 Å². The van der Waals surface area contributed by atoms with Gasteiger partial charge in [-0.1, -0.05) is 54.6 Å². The van der Waals surface area contributed by atoms with Crippen molar-refractivity contribution in [3.63, 3.8) is 0 Å². The summed E-state index contributed by atoms with van der Waals surface area (Å²) in [5.74, 6) is 0. The number of rotatable bonds is 1. The fourth-order valence-corrected chi connectivity index (χ4v) is 3.15. The molecule has 0 aliphatic carbocycles. The van der Waals surface area contributed by atoms with E-state index in [1.165, 1.54) is 32.6 Å². The van der Waals surface area contributed by atoms with E-state index in [-0.39, 0.29) is 0 Å². The maximum Gasteiger partial charge on any atom is 0.0570 e. The van der Waals surface area contributed by atoms with E-state index in [2.05, 4.69) is 72.2 Å². The van der Waals surface area contributed by atoms with Crippen LogP contribution in [0.1, 0.15) is 6.92 Å². The molecule has 0 spiro atoms. The third-order valence-corrected chi connectivity index (χ3v) is 3.97. The Morgan fingerprint density at radius 3 is 2.32 bits per heavy atom. The van der Waals surface area contributed by atoms with E-state index in [0.717, 1.165) is 6.54 Å². The predicted molar refractivity (Wildman–Crippen MR) is 82.6 cm³/mol. The zero-order valence-electron chi connectivity index (χ0n) is 10.9. The molecule has 0 saturated carbocycles. The second kappa shape index (κ2) is 3.86. The minimum atomic E-state index is 0.998. The summed E-state index contributed by atoms with van der Waals surface area (Å²) in [5.41, 5.74) is 2.69. The van der Waals surface area contributed by atoms with Crippen molar-refractivity contribution >= 4 is 32.6 Å². The van der Waals surface area contributed by atoms with Crippen LogP contribution in [0, 0.1) is 0 Å². The molecule has 4 rings (SSSR count). The summed E-state index contributed by atoms with van der Waals surface area (Å²) in [7, 11) is 0. The number of hydrogen-bond donors (Lipinski definition) is 0. The van der Waals surface area contributed by atoms with Gasteiger partial charge in [-0.05, 0) is 18.4 Å². The standard InChI is InChI=1S/C18H15N/c1-2-19-17-10-6-5-9-15(17)16-12-11-13-7-3-4-8-14(13)18(16)19/h3-12H,2H2,1H3. The largest absolute Gasteiger partial charge is 0.340 e. The van der Waals surface area contributed by atoms with E-state index < -0.39 is 0 Å². The highest BCUT2D eigenvalue weighted by molar-refractivity contribution is 6.17. The summed E-state index contributed by atoms with van der Waals surface area (Å²) in [6.07, 6.45) is 0. The van der Waals surface area contributed by atoms with Gasteiger partial charge in [0.25, 0.3) is 0 Å². The van der Waals surface area contributed by atoms with E-state index in [1.54, 1.807) is 0 Å². The Kier molecular flexibility index (Phi) is 2.16. The molecule has 1 aromatic heterocycles. The molecule has 0 bridgehead atoms. The molecule has 0 unspecified atom stereocenters. The van der Waals surface area contributed by atoms with Crippen LogP contribution in [-0.2, 0) is 6.54 Å². The molecule has 0 aliphatic rings. The lowest BCUT2D eigenvalue weighted by Gasteiger charge is -2.06. The molecule has 0 fully saturated rings. The van der Waals surface area contributed by atoms with E-state index in [1.807, 2.05) is 0 Å². The maximum atomic E-state index is 2.42. The van der Waals surface area contributed by atoms with Gasteiger partial charge in [-0.15, -0.1) is 0 Å². The van der Waals surface area contributed by atoms with E-state index >= 15 is 0 Å². The molecular weight excluding hydrogens is 230 g/mol. The highest BCUT2D eigenvalue weighted by Gasteiger charge is 2.11. The Hall–Kier alpha value is -2.28. The van der Waals surface area contributed by atoms with Crippen LogP contribution < -0.4 is 0 Å². The SMILES string of the molecule is CCn1c2ccccc2c2ccc3ccccc3c21. The molecule has 0 amide bonds. The normalized spacial score (nSPS) is 11.6. The van der Waals surface area contributed by atoms with Crippen molar-refractivity contribution in [2.45, 2.75) is 13.5 Å². The minimum Gasteiger partial charge on any atom is -0.340 e. The summed E-state index contributed by atoms with van der Waals surface area (Å²) in [5, 5.41) is 5.37. The third kappa shape index (κ3) is 1.36. The third-order valence-electron chi connectivity index (χ3n) is 3.97. The zero-order chi connectivity index (χ0) is 12.8. The number of benzene rings is 3. The van der Waals surface area contributed by atoms with Gasteiger partial charge in [0.2, 0.25) is 0 Å². The first-order valence-corrected chi connectivity index (χ1v) is 6.79. The van der Waals surface area contributed by atoms with Gasteiger partial charge in [-0.2, -0.15) is 0 Å². The maximum absolute atomic E-state index is 2.42. The van der Waals surface area contributed by atoms with Crippen molar-refractivity contribution in [1.29, 1.82) is 0 Å². The topological polar surface area (TPSA) is 4.93 Å². The molecule has 92 valence electrons. The molecule has 1 heteroatoms. The van der Waals surface area contributed by atoms with E-state index in [0.29, 0.717) is 0 Å². The second-order valence-electron chi connectivity index (χ2n) is 4.94. The van der Waals surface area contributed by atoms with Crippen molar-refractivity contribution in [3.8, 4) is 0 Å². The number of hydrogen-bond acceptors (Lipinski definition) is 0.